The summed E-state index contributed by atoms with van der Waals surface area (Å²) >= 11 is 6.99. The Labute approximate surface area is 140 Å². The van der Waals surface area contributed by atoms with Crippen LogP contribution in [0.4, 0.5) is 10.6 Å². The van der Waals surface area contributed by atoms with Crippen molar-refractivity contribution in [1.29, 1.82) is 5.26 Å². The van der Waals surface area contributed by atoms with Gasteiger partial charge in [-0.2, -0.15) is 5.26 Å². The van der Waals surface area contributed by atoms with E-state index in [9.17, 15) is 4.79 Å². The van der Waals surface area contributed by atoms with E-state index in [1.807, 2.05) is 6.07 Å². The van der Waals surface area contributed by atoms with Crippen molar-refractivity contribution in [2.24, 2.45) is 0 Å². The monoisotopic (exact) mass is 344 g/mol. The average molecular weight is 345 g/mol. The first-order valence-corrected chi connectivity index (χ1v) is 7.64. The molecule has 2 aromatic carbocycles. The first kappa shape index (κ1) is 15.2. The topological polar surface area (TPSA) is 91.0 Å². The van der Waals surface area contributed by atoms with Crippen LogP contribution in [0.15, 0.2) is 51.9 Å². The fraction of sp³-hybridized carbons (Fsp3) is 0. The Bertz CT molecular complexity index is 902. The molecule has 0 aliphatic carbocycles. The molecule has 0 unspecified atom stereocenters. The molecule has 2 amide bonds. The van der Waals surface area contributed by atoms with E-state index in [4.69, 9.17) is 21.4 Å². The average Bonchev–Trinajstić information content (AvgIpc) is 2.95. The van der Waals surface area contributed by atoms with Crippen LogP contribution in [-0.4, -0.2) is 11.2 Å². The van der Waals surface area contributed by atoms with Crippen molar-refractivity contribution in [2.75, 3.05) is 5.32 Å². The minimum atomic E-state index is -0.440. The molecule has 0 saturated heterocycles. The van der Waals surface area contributed by atoms with Crippen LogP contribution in [-0.2, 0) is 0 Å². The van der Waals surface area contributed by atoms with Crippen molar-refractivity contribution >= 4 is 46.4 Å². The van der Waals surface area contributed by atoms with Gasteiger partial charge in [-0.05, 0) is 48.3 Å². The summed E-state index contributed by atoms with van der Waals surface area (Å²) < 4.78 is 7.73. The third-order valence-corrected chi connectivity index (χ3v) is 3.94. The van der Waals surface area contributed by atoms with Gasteiger partial charge < -0.3 is 4.52 Å². The van der Waals surface area contributed by atoms with Crippen LogP contribution >= 0.6 is 23.5 Å². The summed E-state index contributed by atoms with van der Waals surface area (Å²) in [6.07, 6.45) is 0. The molecule has 114 valence electrons. The van der Waals surface area contributed by atoms with Crippen LogP contribution in [0.5, 0.6) is 0 Å². The van der Waals surface area contributed by atoms with E-state index in [-0.39, 0.29) is 0 Å². The van der Waals surface area contributed by atoms with Gasteiger partial charge in [0.1, 0.15) is 0 Å². The quantitative estimate of drug-likeness (QED) is 0.695. The van der Waals surface area contributed by atoms with Crippen molar-refractivity contribution < 1.29 is 9.32 Å². The predicted molar refractivity (Wildman–Crippen MR) is 88.2 cm³/mol. The number of amides is 2. The lowest BCUT2D eigenvalue weighted by Crippen LogP contribution is -2.22. The van der Waals surface area contributed by atoms with Gasteiger partial charge in [0.05, 0.1) is 17.0 Å². The van der Waals surface area contributed by atoms with E-state index in [1.165, 1.54) is 0 Å². The molecular weight excluding hydrogens is 336 g/mol. The molecular formula is C15H9ClN4O2S. The number of hydrogen-bond donors (Lipinski definition) is 2. The highest BCUT2D eigenvalue weighted by Crippen LogP contribution is 2.25. The molecule has 1 heterocycles. The second-order valence-corrected chi connectivity index (χ2v) is 5.78. The number of nitriles is 1. The van der Waals surface area contributed by atoms with Crippen molar-refractivity contribution in [3.63, 3.8) is 0 Å². The molecule has 0 spiro atoms. The van der Waals surface area contributed by atoms with E-state index in [2.05, 4.69) is 15.2 Å². The van der Waals surface area contributed by atoms with Gasteiger partial charge >= 0.3 is 6.03 Å². The summed E-state index contributed by atoms with van der Waals surface area (Å²) in [7, 11) is 0. The fourth-order valence-corrected chi connectivity index (χ4v) is 2.53. The number of aromatic nitrogens is 1. The Kier molecular flexibility index (Phi) is 4.37. The molecule has 0 saturated carbocycles. The second-order valence-electron chi connectivity index (χ2n) is 4.47. The van der Waals surface area contributed by atoms with Gasteiger partial charge in [-0.1, -0.05) is 16.8 Å². The highest BCUT2D eigenvalue weighted by molar-refractivity contribution is 7.98. The highest BCUT2D eigenvalue weighted by atomic mass is 35.5. The van der Waals surface area contributed by atoms with Crippen LogP contribution in [0, 0.1) is 11.3 Å². The standard InChI is InChI=1S/C15H9ClN4O2S/c16-10-3-6-12-13(7-10)22-19-14(12)18-15(21)20-23-11-4-1-9(8-17)2-5-11/h1-7H,(H2,18,19,20,21). The molecule has 0 bridgehead atoms. The first-order chi connectivity index (χ1) is 11.2. The van der Waals surface area contributed by atoms with E-state index in [0.717, 1.165) is 16.8 Å². The van der Waals surface area contributed by atoms with E-state index in [0.29, 0.717) is 27.4 Å². The van der Waals surface area contributed by atoms with Gasteiger partial charge in [-0.3, -0.25) is 10.0 Å². The zero-order valence-corrected chi connectivity index (χ0v) is 13.1. The van der Waals surface area contributed by atoms with Crippen molar-refractivity contribution in [2.45, 2.75) is 4.90 Å². The lowest BCUT2D eigenvalue weighted by Gasteiger charge is -2.04. The molecule has 6 nitrogen and oxygen atoms in total. The second kappa shape index (κ2) is 6.60. The largest absolute Gasteiger partial charge is 0.354 e. The number of carbonyl (C=O) groups excluding carboxylic acids is 1. The number of carbonyl (C=O) groups is 1. The fourth-order valence-electron chi connectivity index (χ4n) is 1.84. The smallest absolute Gasteiger partial charge is 0.330 e. The molecule has 8 heteroatoms. The first-order valence-electron chi connectivity index (χ1n) is 6.44. The van der Waals surface area contributed by atoms with Crippen molar-refractivity contribution in [3.8, 4) is 6.07 Å². The predicted octanol–water partition coefficient (Wildman–Crippen LogP) is 4.18. The van der Waals surface area contributed by atoms with Crippen LogP contribution in [0.1, 0.15) is 5.56 Å². The Hall–Kier alpha value is -2.69. The number of fused-ring (bicyclic) bond motifs is 1. The minimum Gasteiger partial charge on any atom is -0.354 e. The number of benzene rings is 2. The van der Waals surface area contributed by atoms with Gasteiger partial charge in [0, 0.05) is 16.0 Å². The van der Waals surface area contributed by atoms with Crippen LogP contribution in [0.3, 0.4) is 0 Å². The zero-order valence-electron chi connectivity index (χ0n) is 11.5. The van der Waals surface area contributed by atoms with Crippen LogP contribution < -0.4 is 10.0 Å². The molecule has 0 aliphatic rings. The number of nitrogens with one attached hydrogen (secondary N) is 2. The molecule has 3 rings (SSSR count). The summed E-state index contributed by atoms with van der Waals surface area (Å²) in [5.74, 6) is 0.314. The number of nitrogens with zero attached hydrogens (tertiary/aromatic N) is 2. The van der Waals surface area contributed by atoms with E-state index >= 15 is 0 Å². The van der Waals surface area contributed by atoms with Crippen molar-refractivity contribution in [1.82, 2.24) is 9.88 Å². The van der Waals surface area contributed by atoms with Gasteiger partial charge in [0.15, 0.2) is 11.4 Å². The molecule has 23 heavy (non-hydrogen) atoms. The Balaban J connectivity index is 1.63. The van der Waals surface area contributed by atoms with Gasteiger partial charge in [0.25, 0.3) is 0 Å². The molecule has 3 aromatic rings. The summed E-state index contributed by atoms with van der Waals surface area (Å²) in [4.78, 5) is 12.7. The molecule has 0 atom stereocenters. The number of rotatable bonds is 3. The summed E-state index contributed by atoms with van der Waals surface area (Å²) in [5, 5.41) is 16.3. The SMILES string of the molecule is N#Cc1ccc(SNC(=O)Nc2noc3cc(Cl)ccc23)cc1. The van der Waals surface area contributed by atoms with E-state index in [1.54, 1.807) is 42.5 Å². The van der Waals surface area contributed by atoms with Crippen LogP contribution in [0.25, 0.3) is 11.0 Å². The third-order valence-electron chi connectivity index (χ3n) is 2.91. The maximum Gasteiger partial charge on any atom is 0.330 e. The summed E-state index contributed by atoms with van der Waals surface area (Å²) in [5.41, 5.74) is 1.05. The normalized spacial score (nSPS) is 10.3. The molecule has 1 aromatic heterocycles. The van der Waals surface area contributed by atoms with Crippen LogP contribution in [0.2, 0.25) is 5.02 Å². The number of halogens is 1. The summed E-state index contributed by atoms with van der Waals surface area (Å²) in [6.45, 7) is 0. The highest BCUT2D eigenvalue weighted by Gasteiger charge is 2.11. The lowest BCUT2D eigenvalue weighted by molar-refractivity contribution is 0.257. The Morgan fingerprint density at radius 2 is 2.04 bits per heavy atom. The van der Waals surface area contributed by atoms with Gasteiger partial charge in [-0.15, -0.1) is 0 Å². The number of anilines is 1. The minimum absolute atomic E-state index is 0.314. The molecule has 2 N–H and O–H groups in total. The zero-order chi connectivity index (χ0) is 16.2. The maximum atomic E-state index is 11.9. The van der Waals surface area contributed by atoms with Crippen molar-refractivity contribution in [3.05, 3.63) is 53.1 Å². The Morgan fingerprint density at radius 3 is 2.78 bits per heavy atom. The summed E-state index contributed by atoms with van der Waals surface area (Å²) in [6, 6.07) is 13.5. The van der Waals surface area contributed by atoms with E-state index < -0.39 is 6.03 Å². The lowest BCUT2D eigenvalue weighted by atomic mass is 10.2. The van der Waals surface area contributed by atoms with Gasteiger partial charge in [-0.25, -0.2) is 4.79 Å². The van der Waals surface area contributed by atoms with Gasteiger partial charge in [0.2, 0.25) is 0 Å². The maximum absolute atomic E-state index is 11.9. The molecule has 0 aliphatic heterocycles. The number of hydrogen-bond acceptors (Lipinski definition) is 5. The Morgan fingerprint density at radius 1 is 1.26 bits per heavy atom. The third kappa shape index (κ3) is 3.56. The molecule has 0 fully saturated rings. The number of urea groups is 1. The molecule has 0 radical (unpaired) electrons.